The maximum absolute atomic E-state index is 13.5. The average molecular weight is 425 g/mol. The van der Waals surface area contributed by atoms with Gasteiger partial charge < -0.3 is 10.6 Å². The van der Waals surface area contributed by atoms with Gasteiger partial charge in [-0.1, -0.05) is 30.3 Å². The van der Waals surface area contributed by atoms with E-state index in [9.17, 15) is 14.9 Å². The lowest BCUT2D eigenvalue weighted by Crippen LogP contribution is -2.30. The number of hydrogen-bond acceptors (Lipinski definition) is 5. The normalized spacial score (nSPS) is 15.2. The number of anilines is 2. The van der Waals surface area contributed by atoms with Crippen LogP contribution in [0.3, 0.4) is 0 Å². The Kier molecular flexibility index (Phi) is 4.67. The van der Waals surface area contributed by atoms with Crippen LogP contribution in [0.1, 0.15) is 18.5 Å². The third-order valence-corrected chi connectivity index (χ3v) is 5.53. The van der Waals surface area contributed by atoms with Crippen LogP contribution in [-0.4, -0.2) is 20.4 Å². The standard InChI is InChI=1S/C24H19N5O3/c1-15-21(23(30)26-17-7-3-2-4-8-17)22(16-11-13-18(14-12-16)29(31)32)28-20-10-6-5-9-19(20)27-24(28)25-15/h2-14,22H,1H3,(H,25,27)(H,26,30)/t22-/m0/s1. The van der Waals surface area contributed by atoms with Crippen LogP contribution in [-0.2, 0) is 4.79 Å². The van der Waals surface area contributed by atoms with Gasteiger partial charge >= 0.3 is 0 Å². The van der Waals surface area contributed by atoms with E-state index in [2.05, 4.69) is 15.6 Å². The largest absolute Gasteiger partial charge is 0.329 e. The number of amides is 1. The van der Waals surface area contributed by atoms with Crippen molar-refractivity contribution in [2.75, 3.05) is 10.6 Å². The Hall–Kier alpha value is -4.46. The van der Waals surface area contributed by atoms with Gasteiger partial charge in [0.05, 0.1) is 27.6 Å². The summed E-state index contributed by atoms with van der Waals surface area (Å²) in [5.41, 5.74) is 4.26. The van der Waals surface area contributed by atoms with E-state index in [-0.39, 0.29) is 11.6 Å². The predicted molar refractivity (Wildman–Crippen MR) is 122 cm³/mol. The first-order valence-electron chi connectivity index (χ1n) is 10.1. The molecule has 2 heterocycles. The van der Waals surface area contributed by atoms with Crippen LogP contribution in [0.15, 0.2) is 90.1 Å². The quantitative estimate of drug-likeness (QED) is 0.359. The highest BCUT2D eigenvalue weighted by atomic mass is 16.6. The number of carbonyl (C=O) groups is 1. The minimum Gasteiger partial charge on any atom is -0.329 e. The fourth-order valence-electron chi connectivity index (χ4n) is 4.07. The molecule has 2 N–H and O–H groups in total. The second-order valence-corrected chi connectivity index (χ2v) is 7.53. The smallest absolute Gasteiger partial charge is 0.269 e. The molecule has 0 saturated carbocycles. The SMILES string of the molecule is CC1=C(C(=O)Nc2ccccc2)[C@H](c2ccc([N+](=O)[O-])cc2)n2c(nc3ccccc32)N1. The van der Waals surface area contributed by atoms with Gasteiger partial charge in [-0.15, -0.1) is 0 Å². The van der Waals surface area contributed by atoms with E-state index in [1.807, 2.05) is 66.1 Å². The minimum atomic E-state index is -0.511. The van der Waals surface area contributed by atoms with Gasteiger partial charge in [-0.05, 0) is 48.9 Å². The van der Waals surface area contributed by atoms with Crippen molar-refractivity contribution in [3.05, 3.63) is 106 Å². The Bertz CT molecular complexity index is 1370. The Morgan fingerprint density at radius 1 is 1.03 bits per heavy atom. The summed E-state index contributed by atoms with van der Waals surface area (Å²) in [6, 6.07) is 22.7. The first kappa shape index (κ1) is 19.5. The molecular weight excluding hydrogens is 406 g/mol. The molecular formula is C24H19N5O3. The molecule has 0 radical (unpaired) electrons. The summed E-state index contributed by atoms with van der Waals surface area (Å²) >= 11 is 0. The summed E-state index contributed by atoms with van der Waals surface area (Å²) in [7, 11) is 0. The highest BCUT2D eigenvalue weighted by Gasteiger charge is 2.34. The number of nitrogens with zero attached hydrogens (tertiary/aromatic N) is 3. The maximum atomic E-state index is 13.5. The zero-order valence-corrected chi connectivity index (χ0v) is 17.1. The molecule has 0 unspecified atom stereocenters. The fourth-order valence-corrected chi connectivity index (χ4v) is 4.07. The number of imidazole rings is 1. The summed E-state index contributed by atoms with van der Waals surface area (Å²) in [6.45, 7) is 1.83. The van der Waals surface area contributed by atoms with Crippen molar-refractivity contribution in [2.24, 2.45) is 0 Å². The molecule has 3 aromatic carbocycles. The molecule has 8 nitrogen and oxygen atoms in total. The van der Waals surface area contributed by atoms with Crippen LogP contribution >= 0.6 is 0 Å². The van der Waals surface area contributed by atoms with Crippen molar-refractivity contribution < 1.29 is 9.72 Å². The second kappa shape index (κ2) is 7.66. The highest BCUT2D eigenvalue weighted by molar-refractivity contribution is 6.06. The molecule has 1 atom stereocenters. The van der Waals surface area contributed by atoms with Gasteiger partial charge in [0.1, 0.15) is 0 Å². The zero-order chi connectivity index (χ0) is 22.2. The van der Waals surface area contributed by atoms with Gasteiger partial charge in [0, 0.05) is 23.5 Å². The molecule has 8 heteroatoms. The summed E-state index contributed by atoms with van der Waals surface area (Å²) in [6.07, 6.45) is 0. The first-order valence-corrected chi connectivity index (χ1v) is 10.1. The summed E-state index contributed by atoms with van der Waals surface area (Å²) in [5, 5.41) is 17.4. The van der Waals surface area contributed by atoms with Crippen LogP contribution < -0.4 is 10.6 Å². The molecule has 0 bridgehead atoms. The number of benzene rings is 3. The van der Waals surface area contributed by atoms with Crippen molar-refractivity contribution in [2.45, 2.75) is 13.0 Å². The molecule has 4 aromatic rings. The van der Waals surface area contributed by atoms with Crippen LogP contribution in [0.5, 0.6) is 0 Å². The molecule has 1 aliphatic heterocycles. The summed E-state index contributed by atoms with van der Waals surface area (Å²) in [5.74, 6) is 0.358. The molecule has 1 aliphatic rings. The van der Waals surface area contributed by atoms with E-state index in [0.29, 0.717) is 22.9 Å². The summed E-state index contributed by atoms with van der Waals surface area (Å²) in [4.78, 5) is 28.9. The molecule has 0 aliphatic carbocycles. The Labute approximate surface area is 183 Å². The number of aromatic nitrogens is 2. The number of nitrogens with one attached hydrogen (secondary N) is 2. The van der Waals surface area contributed by atoms with Crippen molar-refractivity contribution >= 4 is 34.3 Å². The maximum Gasteiger partial charge on any atom is 0.269 e. The van der Waals surface area contributed by atoms with Gasteiger partial charge in [0.25, 0.3) is 11.6 Å². The van der Waals surface area contributed by atoms with E-state index in [1.165, 1.54) is 12.1 Å². The van der Waals surface area contributed by atoms with Crippen LogP contribution in [0.25, 0.3) is 11.0 Å². The van der Waals surface area contributed by atoms with Crippen molar-refractivity contribution in [1.82, 2.24) is 9.55 Å². The van der Waals surface area contributed by atoms with E-state index in [0.717, 1.165) is 16.6 Å². The number of nitro groups is 1. The van der Waals surface area contributed by atoms with E-state index in [4.69, 9.17) is 0 Å². The van der Waals surface area contributed by atoms with Gasteiger partial charge in [-0.2, -0.15) is 0 Å². The van der Waals surface area contributed by atoms with Crippen molar-refractivity contribution in [3.8, 4) is 0 Å². The number of fused-ring (bicyclic) bond motifs is 3. The number of carbonyl (C=O) groups excluding carboxylic acids is 1. The topological polar surface area (TPSA) is 102 Å². The third kappa shape index (κ3) is 3.27. The van der Waals surface area contributed by atoms with Gasteiger partial charge in [-0.25, -0.2) is 4.98 Å². The fraction of sp³-hybridized carbons (Fsp3) is 0.0833. The lowest BCUT2D eigenvalue weighted by Gasteiger charge is -2.30. The average Bonchev–Trinajstić information content (AvgIpc) is 3.16. The Morgan fingerprint density at radius 2 is 1.72 bits per heavy atom. The number of non-ortho nitro benzene ring substituents is 1. The number of rotatable bonds is 4. The van der Waals surface area contributed by atoms with Crippen LogP contribution in [0.2, 0.25) is 0 Å². The van der Waals surface area contributed by atoms with Gasteiger partial charge in [0.15, 0.2) is 0 Å². The molecule has 0 spiro atoms. The van der Waals surface area contributed by atoms with E-state index in [1.54, 1.807) is 12.1 Å². The minimum absolute atomic E-state index is 0.00520. The monoisotopic (exact) mass is 425 g/mol. The molecule has 0 saturated heterocycles. The van der Waals surface area contributed by atoms with Gasteiger partial charge in [-0.3, -0.25) is 19.5 Å². The summed E-state index contributed by atoms with van der Waals surface area (Å²) < 4.78 is 1.96. The third-order valence-electron chi connectivity index (χ3n) is 5.53. The van der Waals surface area contributed by atoms with Crippen LogP contribution in [0.4, 0.5) is 17.3 Å². The lowest BCUT2D eigenvalue weighted by molar-refractivity contribution is -0.384. The predicted octanol–water partition coefficient (Wildman–Crippen LogP) is 4.87. The van der Waals surface area contributed by atoms with E-state index >= 15 is 0 Å². The van der Waals surface area contributed by atoms with Crippen LogP contribution in [0, 0.1) is 10.1 Å². The molecule has 5 rings (SSSR count). The van der Waals surface area contributed by atoms with Gasteiger partial charge in [0.2, 0.25) is 5.95 Å². The second-order valence-electron chi connectivity index (χ2n) is 7.53. The number of para-hydroxylation sites is 3. The van der Waals surface area contributed by atoms with E-state index < -0.39 is 11.0 Å². The molecule has 1 aromatic heterocycles. The zero-order valence-electron chi connectivity index (χ0n) is 17.1. The first-order chi connectivity index (χ1) is 15.5. The Balaban J connectivity index is 1.67. The Morgan fingerprint density at radius 3 is 2.44 bits per heavy atom. The molecule has 158 valence electrons. The molecule has 1 amide bonds. The van der Waals surface area contributed by atoms with Crippen molar-refractivity contribution in [1.29, 1.82) is 0 Å². The number of hydrogen-bond donors (Lipinski definition) is 2. The number of allylic oxidation sites excluding steroid dienone is 1. The number of nitro benzene ring substituents is 1. The molecule has 32 heavy (non-hydrogen) atoms. The molecule has 0 fully saturated rings. The van der Waals surface area contributed by atoms with Crippen molar-refractivity contribution in [3.63, 3.8) is 0 Å². The lowest BCUT2D eigenvalue weighted by atomic mass is 9.94. The highest BCUT2D eigenvalue weighted by Crippen LogP contribution is 2.39.